The molecule has 1 spiro atoms. The number of nitrogens with one attached hydrogen (secondary N) is 1. The molecule has 1 N–H and O–H groups in total. The minimum atomic E-state index is -3.44. The maximum absolute atomic E-state index is 13.1. The van der Waals surface area contributed by atoms with Gasteiger partial charge in [-0.05, 0) is 30.9 Å². The molecule has 2 aliphatic rings. The Labute approximate surface area is 184 Å². The van der Waals surface area contributed by atoms with Crippen molar-refractivity contribution in [1.82, 2.24) is 9.62 Å². The molecule has 2 aromatic rings. The van der Waals surface area contributed by atoms with Crippen molar-refractivity contribution in [2.24, 2.45) is 5.41 Å². The van der Waals surface area contributed by atoms with Crippen LogP contribution in [-0.2, 0) is 31.7 Å². The number of carbonyl (C=O) groups excluding carboxylic acids is 1. The predicted octanol–water partition coefficient (Wildman–Crippen LogP) is 2.66. The number of aryl methyl sites for hydroxylation is 1. The molecule has 7 heteroatoms. The molecule has 166 valence electrons. The van der Waals surface area contributed by atoms with Crippen LogP contribution in [0.2, 0.25) is 0 Å². The molecule has 6 nitrogen and oxygen atoms in total. The van der Waals surface area contributed by atoms with Crippen molar-refractivity contribution in [2.45, 2.75) is 38.0 Å². The van der Waals surface area contributed by atoms with Gasteiger partial charge in [-0.2, -0.15) is 0 Å². The Morgan fingerprint density at radius 2 is 1.87 bits per heavy atom. The minimum absolute atomic E-state index is 0.00471. The third kappa shape index (κ3) is 5.17. The van der Waals surface area contributed by atoms with Crippen LogP contribution in [0, 0.1) is 12.3 Å². The van der Waals surface area contributed by atoms with Crippen LogP contribution >= 0.6 is 0 Å². The van der Waals surface area contributed by atoms with E-state index in [0.717, 1.165) is 16.7 Å². The summed E-state index contributed by atoms with van der Waals surface area (Å²) in [7, 11) is -3.44. The molecule has 1 amide bonds. The zero-order valence-electron chi connectivity index (χ0n) is 17.9. The van der Waals surface area contributed by atoms with E-state index in [2.05, 4.69) is 5.32 Å². The number of carbonyl (C=O) groups is 1. The summed E-state index contributed by atoms with van der Waals surface area (Å²) in [6.45, 7) is 3.88. The van der Waals surface area contributed by atoms with Crippen LogP contribution in [0.4, 0.5) is 0 Å². The first-order valence-corrected chi connectivity index (χ1v) is 12.4. The molecule has 2 atom stereocenters. The average Bonchev–Trinajstić information content (AvgIpc) is 3.18. The second kappa shape index (κ2) is 9.10. The molecule has 0 radical (unpaired) electrons. The molecule has 2 fully saturated rings. The summed E-state index contributed by atoms with van der Waals surface area (Å²) in [6, 6.07) is 17.2. The lowest BCUT2D eigenvalue weighted by Gasteiger charge is -2.41. The van der Waals surface area contributed by atoms with Gasteiger partial charge in [0.2, 0.25) is 15.9 Å². The lowest BCUT2D eigenvalue weighted by molar-refractivity contribution is -0.124. The summed E-state index contributed by atoms with van der Waals surface area (Å²) in [5.74, 6) is -0.0339. The number of ether oxygens (including phenoxy) is 1. The van der Waals surface area contributed by atoms with Gasteiger partial charge in [-0.1, -0.05) is 60.2 Å². The molecule has 2 heterocycles. The molecule has 0 unspecified atom stereocenters. The van der Waals surface area contributed by atoms with Gasteiger partial charge in [0.15, 0.2) is 0 Å². The van der Waals surface area contributed by atoms with Gasteiger partial charge in [0.1, 0.15) is 0 Å². The molecule has 0 saturated carbocycles. The highest BCUT2D eigenvalue weighted by Gasteiger charge is 2.49. The van der Waals surface area contributed by atoms with Crippen LogP contribution in [0.1, 0.15) is 29.5 Å². The fraction of sp³-hybridized carbons (Fsp3) is 0.458. The summed E-state index contributed by atoms with van der Waals surface area (Å²) in [5.41, 5.74) is 2.49. The first-order valence-electron chi connectivity index (χ1n) is 10.8. The van der Waals surface area contributed by atoms with E-state index in [1.54, 1.807) is 4.31 Å². The maximum atomic E-state index is 13.1. The second-order valence-corrected chi connectivity index (χ2v) is 10.8. The Hall–Kier alpha value is -2.22. The van der Waals surface area contributed by atoms with Crippen molar-refractivity contribution in [3.05, 3.63) is 71.3 Å². The molecule has 0 aromatic heterocycles. The fourth-order valence-corrected chi connectivity index (χ4v) is 6.24. The van der Waals surface area contributed by atoms with Crippen molar-refractivity contribution in [3.8, 4) is 0 Å². The summed E-state index contributed by atoms with van der Waals surface area (Å²) in [4.78, 5) is 12.7. The van der Waals surface area contributed by atoms with E-state index in [-0.39, 0.29) is 23.1 Å². The van der Waals surface area contributed by atoms with Gasteiger partial charge < -0.3 is 10.1 Å². The van der Waals surface area contributed by atoms with E-state index >= 15 is 0 Å². The lowest BCUT2D eigenvalue weighted by Crippen LogP contribution is -2.55. The summed E-state index contributed by atoms with van der Waals surface area (Å²) in [5, 5.41) is 3.19. The quantitative estimate of drug-likeness (QED) is 0.746. The van der Waals surface area contributed by atoms with E-state index in [9.17, 15) is 13.2 Å². The molecular formula is C24H30N2O4S. The van der Waals surface area contributed by atoms with Gasteiger partial charge in [-0.25, -0.2) is 12.7 Å². The zero-order chi connectivity index (χ0) is 21.9. The van der Waals surface area contributed by atoms with Crippen molar-refractivity contribution in [3.63, 3.8) is 0 Å². The van der Waals surface area contributed by atoms with Gasteiger partial charge in [0.05, 0.1) is 18.8 Å². The zero-order valence-corrected chi connectivity index (χ0v) is 18.7. The van der Waals surface area contributed by atoms with Crippen LogP contribution < -0.4 is 5.32 Å². The first kappa shape index (κ1) is 22.0. The van der Waals surface area contributed by atoms with Gasteiger partial charge in [0.25, 0.3) is 0 Å². The van der Waals surface area contributed by atoms with E-state index in [1.807, 2.05) is 61.5 Å². The molecular weight excluding hydrogens is 412 g/mol. The largest absolute Gasteiger partial charge is 0.381 e. The predicted molar refractivity (Wildman–Crippen MR) is 120 cm³/mol. The summed E-state index contributed by atoms with van der Waals surface area (Å²) >= 11 is 0. The molecule has 0 aliphatic carbocycles. The number of amides is 1. The number of rotatable bonds is 6. The fourth-order valence-electron chi connectivity index (χ4n) is 4.62. The lowest BCUT2D eigenvalue weighted by atomic mass is 9.77. The van der Waals surface area contributed by atoms with Crippen LogP contribution in [0.3, 0.4) is 0 Å². The normalized spacial score (nSPS) is 24.4. The molecule has 2 aromatic carbocycles. The highest BCUT2D eigenvalue weighted by Crippen LogP contribution is 2.40. The molecule has 2 aliphatic heterocycles. The number of nitrogens with zero attached hydrogens (tertiary/aromatic N) is 1. The molecule has 2 saturated heterocycles. The standard InChI is InChI=1S/C24H30N2O4S/c1-19-7-9-21(10-8-19)16-31(28,29)26-13-12-24(17-26)18-30-14-11-22(24)25-23(27)15-20-5-3-2-4-6-20/h2-10,22H,11-18H2,1H3,(H,25,27)/t22-,24-/m1/s1. The third-order valence-electron chi connectivity index (χ3n) is 6.44. The Morgan fingerprint density at radius 3 is 2.61 bits per heavy atom. The van der Waals surface area contributed by atoms with E-state index in [4.69, 9.17) is 4.74 Å². The van der Waals surface area contributed by atoms with Gasteiger partial charge >= 0.3 is 0 Å². The molecule has 31 heavy (non-hydrogen) atoms. The van der Waals surface area contributed by atoms with E-state index in [1.165, 1.54) is 0 Å². The monoisotopic (exact) mass is 442 g/mol. The van der Waals surface area contributed by atoms with Crippen LogP contribution in [0.15, 0.2) is 54.6 Å². The minimum Gasteiger partial charge on any atom is -0.381 e. The highest BCUT2D eigenvalue weighted by atomic mass is 32.2. The summed E-state index contributed by atoms with van der Waals surface area (Å²) < 4.78 is 33.5. The highest BCUT2D eigenvalue weighted by molar-refractivity contribution is 7.88. The van der Waals surface area contributed by atoms with E-state index < -0.39 is 10.0 Å². The average molecular weight is 443 g/mol. The molecule has 0 bridgehead atoms. The van der Waals surface area contributed by atoms with E-state index in [0.29, 0.717) is 45.6 Å². The van der Waals surface area contributed by atoms with Gasteiger partial charge in [-0.15, -0.1) is 0 Å². The Bertz CT molecular complexity index is 1010. The van der Waals surface area contributed by atoms with Gasteiger partial charge in [0, 0.05) is 31.2 Å². The first-order chi connectivity index (χ1) is 14.9. The van der Waals surface area contributed by atoms with Crippen LogP contribution in [0.5, 0.6) is 0 Å². The molecule has 4 rings (SSSR count). The number of sulfonamides is 1. The Balaban J connectivity index is 1.43. The second-order valence-electron chi connectivity index (χ2n) is 8.81. The van der Waals surface area contributed by atoms with Crippen molar-refractivity contribution < 1.29 is 17.9 Å². The third-order valence-corrected chi connectivity index (χ3v) is 8.23. The van der Waals surface area contributed by atoms with Crippen molar-refractivity contribution in [1.29, 1.82) is 0 Å². The summed E-state index contributed by atoms with van der Waals surface area (Å²) in [6.07, 6.45) is 1.71. The Morgan fingerprint density at radius 1 is 1.13 bits per heavy atom. The smallest absolute Gasteiger partial charge is 0.224 e. The topological polar surface area (TPSA) is 75.7 Å². The maximum Gasteiger partial charge on any atom is 0.224 e. The van der Waals surface area contributed by atoms with Crippen molar-refractivity contribution >= 4 is 15.9 Å². The van der Waals surface area contributed by atoms with Crippen molar-refractivity contribution in [2.75, 3.05) is 26.3 Å². The Kier molecular flexibility index (Phi) is 6.46. The number of hydrogen-bond donors (Lipinski definition) is 1. The SMILES string of the molecule is Cc1ccc(CS(=O)(=O)N2CC[C@]3(COCC[C@H]3NC(=O)Cc3ccccc3)C2)cc1. The van der Waals surface area contributed by atoms with Gasteiger partial charge in [-0.3, -0.25) is 4.79 Å². The van der Waals surface area contributed by atoms with Crippen LogP contribution in [-0.4, -0.2) is 51.0 Å². The number of hydrogen-bond acceptors (Lipinski definition) is 4. The number of benzene rings is 2. The van der Waals surface area contributed by atoms with Crippen LogP contribution in [0.25, 0.3) is 0 Å².